The number of aromatic nitrogens is 2. The zero-order valence-electron chi connectivity index (χ0n) is 13.6. The van der Waals surface area contributed by atoms with Crippen molar-refractivity contribution in [3.05, 3.63) is 18.1 Å². The summed E-state index contributed by atoms with van der Waals surface area (Å²) in [6.07, 6.45) is 0.922. The highest BCUT2D eigenvalue weighted by atomic mass is 19.4. The number of carbonyl (C=O) groups is 1. The zero-order chi connectivity index (χ0) is 17.6. The third kappa shape index (κ3) is 5.98. The summed E-state index contributed by atoms with van der Waals surface area (Å²) in [5.41, 5.74) is 0.409. The molecular formula is C16H22F3N3O2. The maximum absolute atomic E-state index is 12.5. The van der Waals surface area contributed by atoms with Crippen molar-refractivity contribution in [3.8, 4) is 5.88 Å². The molecule has 0 aliphatic heterocycles. The van der Waals surface area contributed by atoms with Crippen LogP contribution in [0, 0.1) is 5.92 Å². The first-order valence-electron chi connectivity index (χ1n) is 8.15. The molecule has 8 heteroatoms. The van der Waals surface area contributed by atoms with Gasteiger partial charge in [0, 0.05) is 12.5 Å². The van der Waals surface area contributed by atoms with Crippen LogP contribution < -0.4 is 10.1 Å². The second-order valence-electron chi connectivity index (χ2n) is 6.13. The van der Waals surface area contributed by atoms with Gasteiger partial charge in [-0.2, -0.15) is 13.2 Å². The lowest BCUT2D eigenvalue weighted by Crippen LogP contribution is -2.31. The first-order valence-corrected chi connectivity index (χ1v) is 8.15. The molecule has 1 saturated carbocycles. The van der Waals surface area contributed by atoms with Gasteiger partial charge in [-0.25, -0.2) is 9.97 Å². The van der Waals surface area contributed by atoms with E-state index in [1.165, 1.54) is 25.3 Å². The van der Waals surface area contributed by atoms with Gasteiger partial charge in [-0.1, -0.05) is 19.3 Å². The summed E-state index contributed by atoms with van der Waals surface area (Å²) in [5, 5.41) is 2.75. The number of nitrogens with zero attached hydrogens (tertiary/aromatic N) is 2. The Morgan fingerprint density at radius 2 is 2.04 bits per heavy atom. The Bertz CT molecular complexity index is 546. The van der Waals surface area contributed by atoms with Gasteiger partial charge in [0.25, 0.3) is 0 Å². The maximum Gasteiger partial charge on any atom is 0.425 e. The Kier molecular flexibility index (Phi) is 6.39. The number of amides is 1. The van der Waals surface area contributed by atoms with Gasteiger partial charge in [-0.05, 0) is 25.7 Å². The molecule has 134 valence electrons. The number of ether oxygens (including phenoxy) is 1. The van der Waals surface area contributed by atoms with Crippen molar-refractivity contribution in [2.24, 2.45) is 5.92 Å². The van der Waals surface area contributed by atoms with E-state index in [-0.39, 0.29) is 18.3 Å². The average molecular weight is 345 g/mol. The van der Waals surface area contributed by atoms with Crippen LogP contribution in [0.25, 0.3) is 0 Å². The van der Waals surface area contributed by atoms with E-state index in [1.54, 1.807) is 0 Å². The van der Waals surface area contributed by atoms with Gasteiger partial charge in [-0.15, -0.1) is 0 Å². The number of carbonyl (C=O) groups excluding carboxylic acids is 1. The fourth-order valence-electron chi connectivity index (χ4n) is 2.70. The number of nitrogens with one attached hydrogen (secondary N) is 1. The van der Waals surface area contributed by atoms with E-state index >= 15 is 0 Å². The largest absolute Gasteiger partial charge is 0.465 e. The summed E-state index contributed by atoms with van der Waals surface area (Å²) in [6.45, 7) is 1.05. The van der Waals surface area contributed by atoms with Crippen molar-refractivity contribution in [2.45, 2.75) is 64.3 Å². The molecular weight excluding hydrogens is 323 g/mol. The van der Waals surface area contributed by atoms with Gasteiger partial charge in [0.15, 0.2) is 6.10 Å². The Morgan fingerprint density at radius 1 is 1.33 bits per heavy atom. The molecule has 0 bridgehead atoms. The predicted octanol–water partition coefficient (Wildman–Crippen LogP) is 3.39. The molecule has 2 rings (SSSR count). The molecule has 0 spiro atoms. The van der Waals surface area contributed by atoms with Gasteiger partial charge in [0.1, 0.15) is 6.33 Å². The van der Waals surface area contributed by atoms with Crippen LogP contribution in [0.4, 0.5) is 13.2 Å². The van der Waals surface area contributed by atoms with Gasteiger partial charge < -0.3 is 10.1 Å². The summed E-state index contributed by atoms with van der Waals surface area (Å²) < 4.78 is 42.2. The zero-order valence-corrected chi connectivity index (χ0v) is 13.6. The first-order chi connectivity index (χ1) is 11.3. The number of hydrogen-bond acceptors (Lipinski definition) is 4. The summed E-state index contributed by atoms with van der Waals surface area (Å²) in [5.74, 6) is 0.202. The van der Waals surface area contributed by atoms with Crippen LogP contribution in [0.3, 0.4) is 0 Å². The minimum atomic E-state index is -4.46. The Labute approximate surface area is 139 Å². The second kappa shape index (κ2) is 8.30. The Hall–Kier alpha value is -1.86. The highest BCUT2D eigenvalue weighted by Gasteiger charge is 2.38. The maximum atomic E-state index is 12.5. The lowest BCUT2D eigenvalue weighted by atomic mass is 9.87. The minimum Gasteiger partial charge on any atom is -0.465 e. The lowest BCUT2D eigenvalue weighted by molar-refractivity contribution is -0.190. The molecule has 5 nitrogen and oxygen atoms in total. The molecule has 1 N–H and O–H groups in total. The van der Waals surface area contributed by atoms with Crippen molar-refractivity contribution in [1.29, 1.82) is 0 Å². The second-order valence-corrected chi connectivity index (χ2v) is 6.13. The van der Waals surface area contributed by atoms with Gasteiger partial charge >= 0.3 is 6.18 Å². The fourth-order valence-corrected chi connectivity index (χ4v) is 2.70. The number of rotatable bonds is 6. The van der Waals surface area contributed by atoms with Crippen LogP contribution >= 0.6 is 0 Å². The highest BCUT2D eigenvalue weighted by Crippen LogP contribution is 2.26. The molecule has 1 fully saturated rings. The van der Waals surface area contributed by atoms with E-state index in [4.69, 9.17) is 4.74 Å². The van der Waals surface area contributed by atoms with Crippen molar-refractivity contribution >= 4 is 5.91 Å². The standard InChI is InChI=1S/C16H22F3N3O2/c1-11(16(17,18)19)24-15-8-13(21-10-22-15)9-20-14(23)7-12-5-3-2-4-6-12/h8,10-12H,2-7,9H2,1H3,(H,20,23)/t11-/m0/s1. The van der Waals surface area contributed by atoms with Crippen LogP contribution in [0.2, 0.25) is 0 Å². The van der Waals surface area contributed by atoms with Gasteiger partial charge in [-0.3, -0.25) is 4.79 Å². The topological polar surface area (TPSA) is 64.1 Å². The van der Waals surface area contributed by atoms with Crippen LogP contribution in [-0.4, -0.2) is 28.2 Å². The number of alkyl halides is 3. The van der Waals surface area contributed by atoms with E-state index in [1.807, 2.05) is 0 Å². The van der Waals surface area contributed by atoms with E-state index in [0.717, 1.165) is 26.1 Å². The normalized spacial score (nSPS) is 17.3. The van der Waals surface area contributed by atoms with Gasteiger partial charge in [0.05, 0.1) is 12.2 Å². The van der Waals surface area contributed by atoms with Crippen LogP contribution in [-0.2, 0) is 11.3 Å². The molecule has 1 amide bonds. The van der Waals surface area contributed by atoms with Crippen molar-refractivity contribution in [2.75, 3.05) is 0 Å². The summed E-state index contributed by atoms with van der Waals surface area (Å²) in [7, 11) is 0. The minimum absolute atomic E-state index is 0.0633. The quantitative estimate of drug-likeness (QED) is 0.858. The molecule has 24 heavy (non-hydrogen) atoms. The van der Waals surface area contributed by atoms with Crippen molar-refractivity contribution < 1.29 is 22.7 Å². The van der Waals surface area contributed by atoms with Crippen LogP contribution in [0.5, 0.6) is 5.88 Å². The molecule has 0 aromatic carbocycles. The van der Waals surface area contributed by atoms with Crippen LogP contribution in [0.1, 0.15) is 51.1 Å². The molecule has 1 aromatic heterocycles. The predicted molar refractivity (Wildman–Crippen MR) is 81.2 cm³/mol. The fraction of sp³-hybridized carbons (Fsp3) is 0.688. The van der Waals surface area contributed by atoms with E-state index in [2.05, 4.69) is 15.3 Å². The molecule has 1 heterocycles. The van der Waals surface area contributed by atoms with Crippen molar-refractivity contribution in [3.63, 3.8) is 0 Å². The Morgan fingerprint density at radius 3 is 2.71 bits per heavy atom. The first kappa shape index (κ1) is 18.5. The lowest BCUT2D eigenvalue weighted by Gasteiger charge is -2.20. The van der Waals surface area contributed by atoms with Crippen molar-refractivity contribution in [1.82, 2.24) is 15.3 Å². The molecule has 1 aliphatic rings. The molecule has 0 saturated heterocycles. The smallest absolute Gasteiger partial charge is 0.425 e. The highest BCUT2D eigenvalue weighted by molar-refractivity contribution is 5.76. The van der Waals surface area contributed by atoms with E-state index in [9.17, 15) is 18.0 Å². The summed E-state index contributed by atoms with van der Waals surface area (Å²) in [6, 6.07) is 1.31. The molecule has 1 atom stereocenters. The van der Waals surface area contributed by atoms with Gasteiger partial charge in [0.2, 0.25) is 11.8 Å². The molecule has 1 aliphatic carbocycles. The summed E-state index contributed by atoms with van der Waals surface area (Å²) in [4.78, 5) is 19.6. The average Bonchev–Trinajstić information content (AvgIpc) is 2.53. The molecule has 1 aromatic rings. The third-order valence-corrected chi connectivity index (χ3v) is 4.12. The molecule has 0 radical (unpaired) electrons. The third-order valence-electron chi connectivity index (χ3n) is 4.12. The van der Waals surface area contributed by atoms with Crippen LogP contribution in [0.15, 0.2) is 12.4 Å². The Balaban J connectivity index is 1.82. The molecule has 0 unspecified atom stereocenters. The monoisotopic (exact) mass is 345 g/mol. The summed E-state index contributed by atoms with van der Waals surface area (Å²) >= 11 is 0. The number of hydrogen-bond donors (Lipinski definition) is 1. The van der Waals surface area contributed by atoms with E-state index < -0.39 is 12.3 Å². The number of halogens is 3. The SMILES string of the molecule is C[C@H](Oc1cc(CNC(=O)CC2CCCCC2)ncn1)C(F)(F)F. The van der Waals surface area contributed by atoms with E-state index in [0.29, 0.717) is 18.0 Å².